The number of carbonyl (C=O) groups is 4. The van der Waals surface area contributed by atoms with Crippen LogP contribution in [0.25, 0.3) is 89.7 Å². The molecule has 0 fully saturated rings. The second kappa shape index (κ2) is 44.1. The van der Waals surface area contributed by atoms with Crippen LogP contribution in [-0.4, -0.2) is 127 Å². The molecule has 1 radical (unpaired) electrons. The first-order chi connectivity index (χ1) is 49.2. The van der Waals surface area contributed by atoms with E-state index < -0.39 is 0 Å². The maximum absolute atomic E-state index is 14.0. The monoisotopic (exact) mass is 1430 g/mol. The summed E-state index contributed by atoms with van der Waals surface area (Å²) in [6.45, 7) is 3.07. The van der Waals surface area contributed by atoms with Crippen LogP contribution in [0.1, 0.15) is 273 Å². The fourth-order valence-corrected chi connectivity index (χ4v) is 13.3. The molecule has 2 aliphatic heterocycles. The van der Waals surface area contributed by atoms with E-state index in [1.807, 2.05) is 24.3 Å². The van der Waals surface area contributed by atoms with Gasteiger partial charge in [0.15, 0.2) is 0 Å². The first-order valence-corrected chi connectivity index (χ1v) is 38.0. The molecule has 8 bridgehead atoms. The molecule has 20 nitrogen and oxygen atoms in total. The smallest absolute Gasteiger partial charge is 0.396 e. The molecule has 0 spiro atoms. The van der Waals surface area contributed by atoms with Gasteiger partial charge in [-0.25, -0.2) is 9.97 Å². The Morgan fingerprint density at radius 1 is 0.257 bits per heavy atom. The number of nitrogens with one attached hydrogen (secondary N) is 4. The van der Waals surface area contributed by atoms with E-state index in [1.165, 1.54) is 25.7 Å². The van der Waals surface area contributed by atoms with Gasteiger partial charge in [0.1, 0.15) is 0 Å². The number of aliphatic hydroxyl groups excluding tert-OH is 4. The van der Waals surface area contributed by atoms with Gasteiger partial charge in [-0.3, -0.25) is 19.2 Å². The third-order valence-corrected chi connectivity index (χ3v) is 19.2. The number of nitrogens with zero attached hydrogens (tertiary/aromatic N) is 8. The Balaban J connectivity index is 0.0000130. The first-order valence-electron chi connectivity index (χ1n) is 38.0. The van der Waals surface area contributed by atoms with Crippen LogP contribution in [0, 0.1) is 0 Å². The Kier molecular flexibility index (Phi) is 34.6. The Morgan fingerprint density at radius 3 is 0.743 bits per heavy atom. The molecular weight excluding hydrogens is 1320 g/mol. The zero-order chi connectivity index (χ0) is 69.9. The molecule has 2 aliphatic rings. The summed E-state index contributed by atoms with van der Waals surface area (Å²) >= 11 is 0. The van der Waals surface area contributed by atoms with Gasteiger partial charge in [-0.05, 0) is 121 Å². The number of aliphatic hydroxyl groups is 4. The van der Waals surface area contributed by atoms with Crippen LogP contribution in [0.3, 0.4) is 0 Å². The number of fused-ring (bicyclic) bond motifs is 20. The summed E-state index contributed by atoms with van der Waals surface area (Å²) in [4.78, 5) is 97.4. The van der Waals surface area contributed by atoms with Gasteiger partial charge in [-0.15, -0.1) is 0 Å². The van der Waals surface area contributed by atoms with Crippen LogP contribution >= 0.6 is 0 Å². The number of hydrogen-bond acceptors (Lipinski definition) is 14. The minimum atomic E-state index is -0.234. The molecule has 8 N–H and O–H groups in total. The molecule has 9 rings (SSSR count). The fourth-order valence-electron chi connectivity index (χ4n) is 13.3. The van der Waals surface area contributed by atoms with Gasteiger partial charge in [-0.2, -0.15) is 0 Å². The molecule has 4 aromatic carbocycles. The van der Waals surface area contributed by atoms with E-state index in [1.54, 1.807) is 48.5 Å². The van der Waals surface area contributed by atoms with E-state index in [0.29, 0.717) is 92.2 Å². The maximum Gasteiger partial charge on any atom is 2.00 e. The predicted octanol–water partition coefficient (Wildman–Crippen LogP) is 15.1. The molecule has 547 valence electrons. The summed E-state index contributed by atoms with van der Waals surface area (Å²) in [6, 6.07) is 21.5. The van der Waals surface area contributed by atoms with Gasteiger partial charge in [0.05, 0.1) is 23.3 Å². The van der Waals surface area contributed by atoms with Crippen molar-refractivity contribution in [1.29, 1.82) is 0 Å². The van der Waals surface area contributed by atoms with Gasteiger partial charge in [0.25, 0.3) is 23.6 Å². The third kappa shape index (κ3) is 24.3. The van der Waals surface area contributed by atoms with Crippen LogP contribution in [0.15, 0.2) is 72.8 Å². The number of amides is 4. The molecule has 7 aromatic rings. The Labute approximate surface area is 606 Å². The third-order valence-electron chi connectivity index (χ3n) is 19.2. The van der Waals surface area contributed by atoms with Crippen molar-refractivity contribution in [3.63, 3.8) is 0 Å². The fraction of sp³-hybridized carbons (Fsp3) is 0.550. The van der Waals surface area contributed by atoms with Crippen molar-refractivity contribution >= 4 is 67.8 Å². The van der Waals surface area contributed by atoms with Gasteiger partial charge in [-0.1, -0.05) is 204 Å². The molecule has 0 saturated carbocycles. The second-order valence-corrected chi connectivity index (χ2v) is 27.2. The van der Waals surface area contributed by atoms with Crippen molar-refractivity contribution in [1.82, 2.24) is 61.1 Å². The number of rotatable bonds is 48. The average molecular weight is 1430 g/mol. The second-order valence-electron chi connectivity index (χ2n) is 27.2. The number of benzene rings is 4. The van der Waals surface area contributed by atoms with Crippen molar-refractivity contribution < 1.29 is 56.7 Å². The van der Waals surface area contributed by atoms with Gasteiger partial charge in [0.2, 0.25) is 0 Å². The van der Waals surface area contributed by atoms with Crippen molar-refractivity contribution in [2.24, 2.45) is 0 Å². The molecule has 5 heterocycles. The summed E-state index contributed by atoms with van der Waals surface area (Å²) in [5.74, 6) is 0.0788. The van der Waals surface area contributed by atoms with Gasteiger partial charge in [0, 0.05) is 120 Å². The summed E-state index contributed by atoms with van der Waals surface area (Å²) in [5.41, 5.74) is 4.96. The van der Waals surface area contributed by atoms with E-state index in [9.17, 15) is 19.2 Å². The number of aromatic nitrogens is 8. The standard InChI is InChI=1S/C80H110N12O8.Cu/c93-49-33-25-17-9-1-5-13-21-29-45-81-77(97)57-37-41-61-65(53-57)73-85-69(61)90-74-67-55-59(79(99)83-47-31-23-15-7-3-11-19-27-35-51-95)39-43-63(67)71(87-74)92-76-68-56-60(80(100)84-48-32-24-16-8-4-12-20-28-36-52-96)40-44-64(68)72(88-76)91-75-66-54-58(38-42-62(66)70(86-75)89-73)78(98)82-46-30-22-14-6-2-10-18-26-34-50-94;/h37-44,53-56,93-96H,1-36,45-52H2,(H6,81,82,83,84,85,86,87,88,89,90,91,92,97,98,99,100);/q;+2/p-2. The molecular formula is C80H108CuN12O8. The largest absolute Gasteiger partial charge is 2.00 e. The van der Waals surface area contributed by atoms with E-state index in [0.717, 1.165) is 205 Å². The zero-order valence-electron chi connectivity index (χ0n) is 59.3. The molecule has 0 unspecified atom stereocenters. The van der Waals surface area contributed by atoms with Crippen LogP contribution in [0.5, 0.6) is 0 Å². The maximum atomic E-state index is 14.0. The number of unbranched alkanes of at least 4 members (excludes halogenated alkanes) is 32. The average Bonchev–Trinajstić information content (AvgIpc) is 1.61. The Hall–Kier alpha value is -7.52. The van der Waals surface area contributed by atoms with Gasteiger partial charge < -0.3 is 71.6 Å². The van der Waals surface area contributed by atoms with Crippen LogP contribution in [0.4, 0.5) is 0 Å². The van der Waals surface area contributed by atoms with Crippen molar-refractivity contribution in [2.75, 3.05) is 52.6 Å². The van der Waals surface area contributed by atoms with Gasteiger partial charge >= 0.3 is 17.1 Å². The SMILES string of the molecule is O=C(NCCCCCCCCCCCO)c1ccc2c(c1)-c1nc-2nc2[n-]c(nc3nc(nc4[n-]c(n1)c1ccc(C(=O)NCCCCCCCCCCCO)cc41)-c1ccc(C(=O)NCCCCCCCCCCCO)cc1-3)c1ccc(C(=O)NCCCCCCCCCCCO)cc21.[Cu+2]. The minimum absolute atomic E-state index is 0. The predicted molar refractivity (Wildman–Crippen MR) is 398 cm³/mol. The Morgan fingerprint density at radius 2 is 0.475 bits per heavy atom. The minimum Gasteiger partial charge on any atom is -0.396 e. The molecule has 101 heavy (non-hydrogen) atoms. The molecule has 0 aliphatic carbocycles. The Bertz CT molecular complexity index is 3680. The number of hydrogen-bond donors (Lipinski definition) is 8. The van der Waals surface area contributed by atoms with E-state index in [-0.39, 0.29) is 113 Å². The summed E-state index contributed by atoms with van der Waals surface area (Å²) in [7, 11) is 0. The summed E-state index contributed by atoms with van der Waals surface area (Å²) in [5, 5.41) is 51.2. The number of carbonyl (C=O) groups excluding carboxylic acids is 4. The zero-order valence-corrected chi connectivity index (χ0v) is 60.3. The van der Waals surface area contributed by atoms with Crippen molar-refractivity contribution in [3.8, 4) is 45.6 Å². The first kappa shape index (κ1) is 79.2. The van der Waals surface area contributed by atoms with Crippen molar-refractivity contribution in [2.45, 2.75) is 231 Å². The van der Waals surface area contributed by atoms with E-state index in [4.69, 9.17) is 60.3 Å². The van der Waals surface area contributed by atoms with Crippen LogP contribution in [0.2, 0.25) is 0 Å². The topological polar surface area (TPSA) is 303 Å². The van der Waals surface area contributed by atoms with Crippen LogP contribution in [-0.2, 0) is 17.1 Å². The normalized spacial score (nSPS) is 11.6. The van der Waals surface area contributed by atoms with Crippen molar-refractivity contribution in [3.05, 3.63) is 95.1 Å². The molecule has 0 saturated heterocycles. The molecule has 4 amide bonds. The summed E-state index contributed by atoms with van der Waals surface area (Å²) < 4.78 is 0. The quantitative estimate of drug-likeness (QED) is 0.0130. The van der Waals surface area contributed by atoms with E-state index >= 15 is 0 Å². The summed E-state index contributed by atoms with van der Waals surface area (Å²) in [6.07, 6.45) is 37.9. The molecule has 3 aromatic heterocycles. The molecule has 0 atom stereocenters. The molecule has 21 heteroatoms. The van der Waals surface area contributed by atoms with Crippen LogP contribution < -0.4 is 31.2 Å². The van der Waals surface area contributed by atoms with E-state index in [2.05, 4.69) is 21.3 Å².